The molecule has 0 aromatic carbocycles. The highest BCUT2D eigenvalue weighted by Crippen LogP contribution is 2.35. The molecule has 8 heteroatoms. The van der Waals surface area contributed by atoms with Crippen LogP contribution in [-0.2, 0) is 23.0 Å². The lowest BCUT2D eigenvalue weighted by Crippen LogP contribution is -2.40. The maximum Gasteiger partial charge on any atom is 0.214 e. The Kier molecular flexibility index (Phi) is 5.83. The minimum absolute atomic E-state index is 0.110. The minimum Gasteiger partial charge on any atom is -0.350 e. The van der Waals surface area contributed by atoms with Crippen molar-refractivity contribution >= 4 is 15.8 Å². The van der Waals surface area contributed by atoms with Gasteiger partial charge in [-0.1, -0.05) is 12.5 Å². The van der Waals surface area contributed by atoms with Crippen molar-refractivity contribution in [1.82, 2.24) is 19.3 Å². The maximum absolute atomic E-state index is 12.7. The van der Waals surface area contributed by atoms with Crippen molar-refractivity contribution in [2.45, 2.75) is 58.5 Å². The predicted molar refractivity (Wildman–Crippen MR) is 113 cm³/mol. The van der Waals surface area contributed by atoms with Gasteiger partial charge in [0.25, 0.3) is 0 Å². The van der Waals surface area contributed by atoms with Gasteiger partial charge in [-0.2, -0.15) is 4.31 Å². The molecule has 2 aliphatic rings. The summed E-state index contributed by atoms with van der Waals surface area (Å²) in [5, 5.41) is 0. The Morgan fingerprint density at radius 2 is 2.00 bits per heavy atom. The van der Waals surface area contributed by atoms with Gasteiger partial charge in [-0.3, -0.25) is 4.98 Å². The molecule has 29 heavy (non-hydrogen) atoms. The maximum atomic E-state index is 12.7. The first kappa shape index (κ1) is 20.2. The fraction of sp³-hybridized carbons (Fsp3) is 0.571. The van der Waals surface area contributed by atoms with Crippen LogP contribution in [0.3, 0.4) is 0 Å². The molecule has 2 aliphatic heterocycles. The van der Waals surface area contributed by atoms with E-state index in [0.717, 1.165) is 55.9 Å². The first-order chi connectivity index (χ1) is 14.0. The number of aryl methyl sites for hydroxylation is 1. The molecule has 2 aromatic rings. The van der Waals surface area contributed by atoms with Crippen molar-refractivity contribution < 1.29 is 8.42 Å². The molecule has 4 heterocycles. The second-order valence-corrected chi connectivity index (χ2v) is 10.0. The smallest absolute Gasteiger partial charge is 0.214 e. The standard InChI is InChI=1S/C21H29N5O2S/c1-3-29(27,28)26-14-7-5-11-19(26)20-23-16(2)18-10-8-13-25(21(18)24-20)15-17-9-4-6-12-22-17/h4,6,9,12,19H,3,5,7-8,10-11,13-15H2,1-2H3. The summed E-state index contributed by atoms with van der Waals surface area (Å²) in [6.07, 6.45) is 6.50. The molecule has 0 bridgehead atoms. The molecule has 1 unspecified atom stereocenters. The number of piperidine rings is 1. The zero-order valence-electron chi connectivity index (χ0n) is 17.2. The Balaban J connectivity index is 1.71. The first-order valence-corrected chi connectivity index (χ1v) is 12.1. The van der Waals surface area contributed by atoms with Crippen LogP contribution in [0, 0.1) is 6.92 Å². The van der Waals surface area contributed by atoms with Crippen LogP contribution in [0.5, 0.6) is 0 Å². The van der Waals surface area contributed by atoms with Gasteiger partial charge in [0.2, 0.25) is 10.0 Å². The van der Waals surface area contributed by atoms with Crippen molar-refractivity contribution in [1.29, 1.82) is 0 Å². The van der Waals surface area contributed by atoms with Gasteiger partial charge in [-0.15, -0.1) is 0 Å². The summed E-state index contributed by atoms with van der Waals surface area (Å²) in [6, 6.07) is 5.68. The summed E-state index contributed by atoms with van der Waals surface area (Å²) in [4.78, 5) is 16.5. The highest BCUT2D eigenvalue weighted by molar-refractivity contribution is 7.89. The van der Waals surface area contributed by atoms with Gasteiger partial charge in [0.15, 0.2) is 0 Å². The molecular formula is C21H29N5O2S. The van der Waals surface area contributed by atoms with E-state index in [1.807, 2.05) is 31.3 Å². The van der Waals surface area contributed by atoms with Crippen molar-refractivity contribution in [2.75, 3.05) is 23.7 Å². The van der Waals surface area contributed by atoms with E-state index in [0.29, 0.717) is 18.9 Å². The van der Waals surface area contributed by atoms with Gasteiger partial charge < -0.3 is 4.90 Å². The molecular weight excluding hydrogens is 386 g/mol. The fourth-order valence-corrected chi connectivity index (χ4v) is 5.69. The van der Waals surface area contributed by atoms with Crippen LogP contribution in [0.25, 0.3) is 0 Å². The van der Waals surface area contributed by atoms with Crippen LogP contribution < -0.4 is 4.90 Å². The van der Waals surface area contributed by atoms with Gasteiger partial charge in [-0.05, 0) is 51.7 Å². The molecule has 7 nitrogen and oxygen atoms in total. The Bertz CT molecular complexity index is 965. The summed E-state index contributed by atoms with van der Waals surface area (Å²) in [6.45, 7) is 5.90. The summed E-state index contributed by atoms with van der Waals surface area (Å²) in [7, 11) is -3.29. The lowest BCUT2D eigenvalue weighted by atomic mass is 10.0. The van der Waals surface area contributed by atoms with E-state index < -0.39 is 10.0 Å². The van der Waals surface area contributed by atoms with Gasteiger partial charge >= 0.3 is 0 Å². The molecule has 0 spiro atoms. The quantitative estimate of drug-likeness (QED) is 0.747. The van der Waals surface area contributed by atoms with Crippen LogP contribution in [-0.4, -0.2) is 46.5 Å². The molecule has 2 aromatic heterocycles. The van der Waals surface area contributed by atoms with E-state index in [4.69, 9.17) is 9.97 Å². The Hall–Kier alpha value is -2.06. The number of pyridine rings is 1. The van der Waals surface area contributed by atoms with E-state index in [-0.39, 0.29) is 11.8 Å². The van der Waals surface area contributed by atoms with Crippen molar-refractivity contribution in [3.8, 4) is 0 Å². The molecule has 0 N–H and O–H groups in total. The average Bonchev–Trinajstić information content (AvgIpc) is 2.75. The van der Waals surface area contributed by atoms with Crippen LogP contribution in [0.2, 0.25) is 0 Å². The SMILES string of the molecule is CCS(=O)(=O)N1CCCCC1c1nc(C)c2c(n1)N(Cc1ccccn1)CCC2. The highest BCUT2D eigenvalue weighted by atomic mass is 32.2. The summed E-state index contributed by atoms with van der Waals surface area (Å²) < 4.78 is 27.0. The van der Waals surface area contributed by atoms with Gasteiger partial charge in [0.05, 0.1) is 24.0 Å². The van der Waals surface area contributed by atoms with Crippen LogP contribution in [0.4, 0.5) is 5.82 Å². The Morgan fingerprint density at radius 1 is 1.14 bits per heavy atom. The van der Waals surface area contributed by atoms with E-state index in [1.165, 1.54) is 5.56 Å². The zero-order chi connectivity index (χ0) is 20.4. The van der Waals surface area contributed by atoms with Crippen molar-refractivity contribution in [2.24, 2.45) is 0 Å². The Labute approximate surface area is 173 Å². The van der Waals surface area contributed by atoms with Crippen LogP contribution in [0.1, 0.15) is 61.4 Å². The normalized spacial score (nSPS) is 20.5. The van der Waals surface area contributed by atoms with Gasteiger partial charge in [0.1, 0.15) is 11.6 Å². The molecule has 1 fully saturated rings. The number of hydrogen-bond donors (Lipinski definition) is 0. The van der Waals surface area contributed by atoms with E-state index in [1.54, 1.807) is 11.2 Å². The molecule has 1 saturated heterocycles. The van der Waals surface area contributed by atoms with Gasteiger partial charge in [-0.25, -0.2) is 18.4 Å². The van der Waals surface area contributed by atoms with Crippen molar-refractivity contribution in [3.05, 3.63) is 47.2 Å². The van der Waals surface area contributed by atoms with E-state index in [9.17, 15) is 8.42 Å². The first-order valence-electron chi connectivity index (χ1n) is 10.5. The van der Waals surface area contributed by atoms with Gasteiger partial charge in [0, 0.05) is 30.5 Å². The second kappa shape index (κ2) is 8.36. The van der Waals surface area contributed by atoms with E-state index >= 15 is 0 Å². The second-order valence-electron chi connectivity index (χ2n) is 7.84. The number of hydrogen-bond acceptors (Lipinski definition) is 6. The molecule has 4 rings (SSSR count). The lowest BCUT2D eigenvalue weighted by molar-refractivity contribution is 0.246. The molecule has 0 aliphatic carbocycles. The summed E-state index contributed by atoms with van der Waals surface area (Å²) >= 11 is 0. The number of nitrogens with zero attached hydrogens (tertiary/aromatic N) is 5. The predicted octanol–water partition coefficient (Wildman–Crippen LogP) is 3.01. The fourth-order valence-electron chi connectivity index (χ4n) is 4.36. The molecule has 0 amide bonds. The minimum atomic E-state index is -3.29. The number of sulfonamides is 1. The van der Waals surface area contributed by atoms with Crippen molar-refractivity contribution in [3.63, 3.8) is 0 Å². The topological polar surface area (TPSA) is 79.3 Å². The number of fused-ring (bicyclic) bond motifs is 1. The largest absolute Gasteiger partial charge is 0.350 e. The molecule has 156 valence electrons. The summed E-state index contributed by atoms with van der Waals surface area (Å²) in [5.41, 5.74) is 3.15. The lowest BCUT2D eigenvalue weighted by Gasteiger charge is -2.35. The van der Waals surface area contributed by atoms with E-state index in [2.05, 4.69) is 9.88 Å². The van der Waals surface area contributed by atoms with Crippen LogP contribution >= 0.6 is 0 Å². The number of anilines is 1. The third kappa shape index (κ3) is 4.14. The summed E-state index contributed by atoms with van der Waals surface area (Å²) in [5.74, 6) is 1.70. The monoisotopic (exact) mass is 415 g/mol. The number of aromatic nitrogens is 3. The van der Waals surface area contributed by atoms with Crippen LogP contribution in [0.15, 0.2) is 24.4 Å². The molecule has 0 radical (unpaired) electrons. The third-order valence-corrected chi connectivity index (χ3v) is 7.80. The molecule has 1 atom stereocenters. The zero-order valence-corrected chi connectivity index (χ0v) is 18.0. The third-order valence-electron chi connectivity index (χ3n) is 5.92. The highest BCUT2D eigenvalue weighted by Gasteiger charge is 2.35. The molecule has 0 saturated carbocycles. The Morgan fingerprint density at radius 3 is 2.76 bits per heavy atom. The number of rotatable bonds is 5. The average molecular weight is 416 g/mol.